The number of ether oxygens (including phenoxy) is 1. The number of hydrogen-bond donors (Lipinski definition) is 0. The highest BCUT2D eigenvalue weighted by Gasteiger charge is 2.36. The predicted octanol–water partition coefficient (Wildman–Crippen LogP) is 1.25. The zero-order valence-electron chi connectivity index (χ0n) is 14.9. The molecule has 0 N–H and O–H groups in total. The van der Waals surface area contributed by atoms with E-state index in [-0.39, 0.29) is 0 Å². The van der Waals surface area contributed by atoms with Crippen LogP contribution in [0.15, 0.2) is 18.6 Å². The maximum atomic E-state index is 5.28. The van der Waals surface area contributed by atoms with E-state index in [1.54, 1.807) is 18.1 Å². The van der Waals surface area contributed by atoms with Gasteiger partial charge in [0.1, 0.15) is 12.1 Å². The molecule has 1 saturated carbocycles. The monoisotopic (exact) mass is 343 g/mol. The van der Waals surface area contributed by atoms with Gasteiger partial charge >= 0.3 is 0 Å². The van der Waals surface area contributed by atoms with Gasteiger partial charge in [0.2, 0.25) is 5.88 Å². The fourth-order valence-electron chi connectivity index (χ4n) is 3.66. The third-order valence-corrected chi connectivity index (χ3v) is 5.03. The van der Waals surface area contributed by atoms with Crippen LogP contribution in [0, 0.1) is 0 Å². The van der Waals surface area contributed by atoms with Crippen LogP contribution in [0.4, 0.5) is 5.82 Å². The number of aryl methyl sites for hydroxylation is 1. The summed E-state index contributed by atoms with van der Waals surface area (Å²) in [5.74, 6) is 1.64. The fourth-order valence-corrected chi connectivity index (χ4v) is 3.66. The van der Waals surface area contributed by atoms with Crippen LogP contribution in [0.3, 0.4) is 0 Å². The maximum Gasteiger partial charge on any atom is 0.218 e. The molecule has 2 fully saturated rings. The predicted molar refractivity (Wildman–Crippen MR) is 93.4 cm³/mol. The summed E-state index contributed by atoms with van der Waals surface area (Å²) in [4.78, 5) is 13.6. The molecule has 3 heterocycles. The van der Waals surface area contributed by atoms with E-state index in [9.17, 15) is 0 Å². The van der Waals surface area contributed by atoms with E-state index in [2.05, 4.69) is 30.1 Å². The number of nitrogens with zero attached hydrogens (tertiary/aromatic N) is 7. The second-order valence-corrected chi connectivity index (χ2v) is 6.95. The van der Waals surface area contributed by atoms with Crippen molar-refractivity contribution >= 4 is 5.82 Å². The van der Waals surface area contributed by atoms with Crippen molar-refractivity contribution < 1.29 is 4.74 Å². The molecule has 4 rings (SSSR count). The first-order valence-electron chi connectivity index (χ1n) is 8.95. The Balaban J connectivity index is 1.40. The summed E-state index contributed by atoms with van der Waals surface area (Å²) in [6, 6.07) is 3.12. The Morgan fingerprint density at radius 2 is 1.92 bits per heavy atom. The topological polar surface area (TPSA) is 72.2 Å². The maximum absolute atomic E-state index is 5.28. The lowest BCUT2D eigenvalue weighted by Gasteiger charge is -2.39. The summed E-state index contributed by atoms with van der Waals surface area (Å²) in [5, 5.41) is 8.22. The van der Waals surface area contributed by atoms with E-state index in [0.717, 1.165) is 44.0 Å². The van der Waals surface area contributed by atoms with Crippen molar-refractivity contribution in [1.82, 2.24) is 29.9 Å². The number of aromatic nitrogens is 5. The van der Waals surface area contributed by atoms with Crippen molar-refractivity contribution in [2.75, 3.05) is 25.1 Å². The van der Waals surface area contributed by atoms with Crippen LogP contribution in [0.2, 0.25) is 0 Å². The van der Waals surface area contributed by atoms with Crippen LogP contribution in [0.5, 0.6) is 5.88 Å². The van der Waals surface area contributed by atoms with Gasteiger partial charge in [0, 0.05) is 51.0 Å². The number of likely N-dealkylation sites (tertiary alicyclic amines) is 1. The van der Waals surface area contributed by atoms with Gasteiger partial charge in [-0.25, -0.2) is 9.97 Å². The van der Waals surface area contributed by atoms with Gasteiger partial charge in [-0.1, -0.05) is 5.21 Å². The minimum Gasteiger partial charge on any atom is -0.481 e. The molecule has 0 amide bonds. The first-order valence-corrected chi connectivity index (χ1v) is 8.95. The minimum absolute atomic E-state index is 0.533. The lowest BCUT2D eigenvalue weighted by Crippen LogP contribution is -2.46. The van der Waals surface area contributed by atoms with E-state index in [4.69, 9.17) is 4.74 Å². The number of rotatable bonds is 6. The first-order chi connectivity index (χ1) is 12.2. The summed E-state index contributed by atoms with van der Waals surface area (Å²) >= 11 is 0. The van der Waals surface area contributed by atoms with Crippen molar-refractivity contribution in [3.8, 4) is 5.88 Å². The van der Waals surface area contributed by atoms with Crippen LogP contribution in [-0.2, 0) is 13.6 Å². The van der Waals surface area contributed by atoms with Gasteiger partial charge in [-0.15, -0.1) is 5.10 Å². The highest BCUT2D eigenvalue weighted by Crippen LogP contribution is 2.36. The quantitative estimate of drug-likeness (QED) is 0.781. The molecule has 25 heavy (non-hydrogen) atoms. The molecular formula is C17H25N7O. The van der Waals surface area contributed by atoms with Gasteiger partial charge in [-0.3, -0.25) is 9.58 Å². The Hall–Kier alpha value is -2.22. The van der Waals surface area contributed by atoms with Gasteiger partial charge < -0.3 is 9.64 Å². The molecular weight excluding hydrogens is 318 g/mol. The molecule has 8 heteroatoms. The zero-order chi connectivity index (χ0) is 17.2. The molecule has 8 nitrogen and oxygen atoms in total. The lowest BCUT2D eigenvalue weighted by molar-refractivity contribution is 0.198. The Kier molecular flexibility index (Phi) is 4.52. The Morgan fingerprint density at radius 3 is 2.56 bits per heavy atom. The molecule has 1 aliphatic heterocycles. The molecule has 134 valence electrons. The van der Waals surface area contributed by atoms with Gasteiger partial charge in [0.15, 0.2) is 0 Å². The van der Waals surface area contributed by atoms with Gasteiger partial charge in [-0.05, 0) is 25.7 Å². The van der Waals surface area contributed by atoms with Crippen LogP contribution in [0.25, 0.3) is 0 Å². The van der Waals surface area contributed by atoms with E-state index in [1.165, 1.54) is 12.8 Å². The third-order valence-electron chi connectivity index (χ3n) is 5.03. The van der Waals surface area contributed by atoms with Crippen molar-refractivity contribution in [3.05, 3.63) is 24.3 Å². The highest BCUT2D eigenvalue weighted by atomic mass is 16.5. The third kappa shape index (κ3) is 3.73. The fraction of sp³-hybridized carbons (Fsp3) is 0.647. The van der Waals surface area contributed by atoms with E-state index in [1.807, 2.05) is 19.3 Å². The Bertz CT molecular complexity index is 707. The van der Waals surface area contributed by atoms with Gasteiger partial charge in [-0.2, -0.15) is 0 Å². The second kappa shape index (κ2) is 6.95. The van der Waals surface area contributed by atoms with Crippen LogP contribution in [-0.4, -0.2) is 62.1 Å². The summed E-state index contributed by atoms with van der Waals surface area (Å²) in [7, 11) is 3.56. The Labute approximate surface area is 147 Å². The normalized spacial score (nSPS) is 19.1. The minimum atomic E-state index is 0.533. The number of methoxy groups -OCH3 is 1. The molecule has 2 aromatic rings. The average Bonchev–Trinajstić information content (AvgIpc) is 3.38. The molecule has 0 unspecified atom stereocenters. The van der Waals surface area contributed by atoms with Crippen molar-refractivity contribution in [2.24, 2.45) is 7.05 Å². The largest absolute Gasteiger partial charge is 0.481 e. The average molecular weight is 343 g/mol. The molecule has 0 spiro atoms. The standard InChI is InChI=1S/C17H25N7O/c1-22-10-13(20-21-22)11-23-7-5-15(6-8-23)24(14-3-4-14)16-9-17(25-2)19-12-18-16/h9-10,12,14-15H,3-8,11H2,1-2H3. The molecule has 2 aliphatic rings. The summed E-state index contributed by atoms with van der Waals surface area (Å²) in [6.07, 6.45) is 8.40. The Morgan fingerprint density at radius 1 is 1.16 bits per heavy atom. The molecule has 1 saturated heterocycles. The van der Waals surface area contributed by atoms with E-state index >= 15 is 0 Å². The summed E-state index contributed by atoms with van der Waals surface area (Å²) in [6.45, 7) is 3.03. The zero-order valence-corrected chi connectivity index (χ0v) is 14.9. The van der Waals surface area contributed by atoms with E-state index in [0.29, 0.717) is 18.0 Å². The number of anilines is 1. The molecule has 0 aromatic carbocycles. The van der Waals surface area contributed by atoms with Crippen LogP contribution in [0.1, 0.15) is 31.4 Å². The molecule has 1 aliphatic carbocycles. The second-order valence-electron chi connectivity index (χ2n) is 6.95. The SMILES string of the molecule is COc1cc(N(C2CC2)C2CCN(Cc3cn(C)nn3)CC2)ncn1. The molecule has 0 radical (unpaired) electrons. The first kappa shape index (κ1) is 16.3. The number of piperidine rings is 1. The van der Waals surface area contributed by atoms with Crippen molar-refractivity contribution in [3.63, 3.8) is 0 Å². The smallest absolute Gasteiger partial charge is 0.218 e. The summed E-state index contributed by atoms with van der Waals surface area (Å²) < 4.78 is 7.04. The van der Waals surface area contributed by atoms with Crippen molar-refractivity contribution in [1.29, 1.82) is 0 Å². The van der Waals surface area contributed by atoms with Crippen molar-refractivity contribution in [2.45, 2.75) is 44.3 Å². The van der Waals surface area contributed by atoms with Crippen LogP contribution < -0.4 is 9.64 Å². The lowest BCUT2D eigenvalue weighted by atomic mass is 10.0. The van der Waals surface area contributed by atoms with Crippen LogP contribution >= 0.6 is 0 Å². The molecule has 0 bridgehead atoms. The van der Waals surface area contributed by atoms with Gasteiger partial charge in [0.25, 0.3) is 0 Å². The van der Waals surface area contributed by atoms with E-state index < -0.39 is 0 Å². The van der Waals surface area contributed by atoms with Gasteiger partial charge in [0.05, 0.1) is 12.8 Å². The molecule has 0 atom stereocenters. The molecule has 2 aromatic heterocycles. The summed E-state index contributed by atoms with van der Waals surface area (Å²) in [5.41, 5.74) is 1.04. The number of hydrogen-bond acceptors (Lipinski definition) is 7. The highest BCUT2D eigenvalue weighted by molar-refractivity contribution is 5.45.